The van der Waals surface area contributed by atoms with Crippen molar-refractivity contribution in [3.63, 3.8) is 0 Å². The highest BCUT2D eigenvalue weighted by molar-refractivity contribution is 5.67. The van der Waals surface area contributed by atoms with Crippen LogP contribution in [0, 0.1) is 0 Å². The maximum absolute atomic E-state index is 12.1. The Labute approximate surface area is 119 Å². The summed E-state index contributed by atoms with van der Waals surface area (Å²) in [7, 11) is 0. The molecule has 1 aromatic carbocycles. The van der Waals surface area contributed by atoms with Crippen LogP contribution in [0.5, 0.6) is 0 Å². The third kappa shape index (κ3) is 3.95. The minimum absolute atomic E-state index is 0.272. The molecule has 0 bridgehead atoms. The summed E-state index contributed by atoms with van der Waals surface area (Å²) in [6.45, 7) is 6.07. The molecule has 0 radical (unpaired) electrons. The molecule has 1 aromatic rings. The second kappa shape index (κ2) is 6.72. The molecule has 20 heavy (non-hydrogen) atoms. The second-order valence-corrected chi connectivity index (χ2v) is 4.89. The fourth-order valence-electron chi connectivity index (χ4n) is 2.11. The van der Waals surface area contributed by atoms with Gasteiger partial charge in [-0.2, -0.15) is 0 Å². The number of carbonyl (C=O) groups excluding carboxylic acids is 1. The van der Waals surface area contributed by atoms with Crippen LogP contribution in [0.4, 0.5) is 4.79 Å². The van der Waals surface area contributed by atoms with Crippen LogP contribution < -0.4 is 0 Å². The summed E-state index contributed by atoms with van der Waals surface area (Å²) in [5.74, 6) is -0.720. The quantitative estimate of drug-likeness (QED) is 0.830. The van der Waals surface area contributed by atoms with Crippen molar-refractivity contribution in [2.45, 2.75) is 26.2 Å². The molecule has 5 heteroatoms. The van der Waals surface area contributed by atoms with Gasteiger partial charge in [-0.15, -0.1) is 0 Å². The van der Waals surface area contributed by atoms with Crippen LogP contribution >= 0.6 is 0 Å². The number of carbonyl (C=O) groups is 1. The molecule has 0 unspecified atom stereocenters. The van der Waals surface area contributed by atoms with Crippen LogP contribution in [0.15, 0.2) is 30.3 Å². The van der Waals surface area contributed by atoms with Crippen molar-refractivity contribution in [3.8, 4) is 0 Å². The van der Waals surface area contributed by atoms with E-state index in [-0.39, 0.29) is 12.7 Å². The number of benzene rings is 1. The number of likely N-dealkylation sites (N-methyl/N-ethyl adjacent to an activating group) is 1. The number of rotatable bonds is 5. The summed E-state index contributed by atoms with van der Waals surface area (Å²) in [5, 5.41) is 0. The third-order valence-corrected chi connectivity index (χ3v) is 3.22. The summed E-state index contributed by atoms with van der Waals surface area (Å²) < 4.78 is 16.3. The highest BCUT2D eigenvalue weighted by atomic mass is 16.7. The highest BCUT2D eigenvalue weighted by Gasteiger charge is 2.34. The molecule has 1 amide bonds. The van der Waals surface area contributed by atoms with Gasteiger partial charge in [0, 0.05) is 6.54 Å². The molecule has 5 nitrogen and oxygen atoms in total. The molecule has 2 rings (SSSR count). The maximum Gasteiger partial charge on any atom is 0.410 e. The number of amides is 1. The molecular weight excluding hydrogens is 258 g/mol. The van der Waals surface area contributed by atoms with E-state index < -0.39 is 5.79 Å². The average molecular weight is 279 g/mol. The lowest BCUT2D eigenvalue weighted by Gasteiger charge is -2.29. The fourth-order valence-corrected chi connectivity index (χ4v) is 2.11. The van der Waals surface area contributed by atoms with E-state index in [2.05, 4.69) is 0 Å². The van der Waals surface area contributed by atoms with Gasteiger partial charge in [0.2, 0.25) is 0 Å². The molecule has 0 N–H and O–H groups in total. The molecule has 0 spiro atoms. The number of ether oxygens (including phenoxy) is 3. The lowest BCUT2D eigenvalue weighted by Crippen LogP contribution is -2.44. The van der Waals surface area contributed by atoms with E-state index in [4.69, 9.17) is 14.2 Å². The first-order valence-electron chi connectivity index (χ1n) is 6.86. The molecule has 1 heterocycles. The van der Waals surface area contributed by atoms with Gasteiger partial charge in [-0.1, -0.05) is 30.3 Å². The summed E-state index contributed by atoms with van der Waals surface area (Å²) in [6, 6.07) is 9.62. The van der Waals surface area contributed by atoms with E-state index in [9.17, 15) is 4.79 Å². The predicted molar refractivity (Wildman–Crippen MR) is 74.2 cm³/mol. The molecule has 1 saturated heterocycles. The summed E-state index contributed by atoms with van der Waals surface area (Å²) >= 11 is 0. The van der Waals surface area contributed by atoms with Gasteiger partial charge < -0.3 is 19.1 Å². The second-order valence-electron chi connectivity index (χ2n) is 4.89. The summed E-state index contributed by atoms with van der Waals surface area (Å²) in [6.07, 6.45) is -0.350. The van der Waals surface area contributed by atoms with Gasteiger partial charge in [0.15, 0.2) is 5.79 Å². The SMILES string of the molecule is CCN(CC1(C)OCCO1)C(=O)OCc1ccccc1. The van der Waals surface area contributed by atoms with E-state index in [1.165, 1.54) is 0 Å². The Morgan fingerprint density at radius 2 is 1.95 bits per heavy atom. The smallest absolute Gasteiger partial charge is 0.410 e. The van der Waals surface area contributed by atoms with Crippen LogP contribution in [0.25, 0.3) is 0 Å². The van der Waals surface area contributed by atoms with E-state index >= 15 is 0 Å². The molecule has 0 aliphatic carbocycles. The Morgan fingerprint density at radius 1 is 1.30 bits per heavy atom. The van der Waals surface area contributed by atoms with Crippen LogP contribution in [0.1, 0.15) is 19.4 Å². The lowest BCUT2D eigenvalue weighted by molar-refractivity contribution is -0.152. The van der Waals surface area contributed by atoms with Crippen molar-refractivity contribution in [2.24, 2.45) is 0 Å². The normalized spacial score (nSPS) is 16.9. The van der Waals surface area contributed by atoms with Gasteiger partial charge in [0.25, 0.3) is 0 Å². The minimum Gasteiger partial charge on any atom is -0.445 e. The Balaban J connectivity index is 1.85. The van der Waals surface area contributed by atoms with Crippen molar-refractivity contribution in [1.29, 1.82) is 0 Å². The van der Waals surface area contributed by atoms with E-state index in [1.54, 1.807) is 4.90 Å². The van der Waals surface area contributed by atoms with Gasteiger partial charge >= 0.3 is 6.09 Å². The van der Waals surface area contributed by atoms with Crippen LogP contribution in [-0.4, -0.2) is 43.1 Å². The minimum atomic E-state index is -0.720. The monoisotopic (exact) mass is 279 g/mol. The Bertz CT molecular complexity index is 429. The zero-order chi connectivity index (χ0) is 14.4. The zero-order valence-electron chi connectivity index (χ0n) is 12.0. The van der Waals surface area contributed by atoms with E-state index in [0.29, 0.717) is 26.3 Å². The van der Waals surface area contributed by atoms with Crippen LogP contribution in [0.2, 0.25) is 0 Å². The van der Waals surface area contributed by atoms with E-state index in [0.717, 1.165) is 5.56 Å². The summed E-state index contributed by atoms with van der Waals surface area (Å²) in [4.78, 5) is 13.7. The first kappa shape index (κ1) is 14.8. The Morgan fingerprint density at radius 3 is 2.55 bits per heavy atom. The molecule has 1 aliphatic rings. The molecular formula is C15H21NO4. The van der Waals surface area contributed by atoms with E-state index in [1.807, 2.05) is 44.2 Å². The molecule has 0 atom stereocenters. The molecule has 110 valence electrons. The van der Waals surface area contributed by atoms with Gasteiger partial charge in [0.1, 0.15) is 6.61 Å². The standard InChI is InChI=1S/C15H21NO4/c1-3-16(12-15(2)19-9-10-20-15)14(17)18-11-13-7-5-4-6-8-13/h4-8H,3,9-12H2,1-2H3. The fraction of sp³-hybridized carbons (Fsp3) is 0.533. The largest absolute Gasteiger partial charge is 0.445 e. The average Bonchev–Trinajstić information content (AvgIpc) is 2.90. The lowest BCUT2D eigenvalue weighted by atomic mass is 10.2. The van der Waals surface area contributed by atoms with Gasteiger partial charge in [-0.05, 0) is 19.4 Å². The Hall–Kier alpha value is -1.59. The van der Waals surface area contributed by atoms with Crippen molar-refractivity contribution in [1.82, 2.24) is 4.90 Å². The molecule has 0 saturated carbocycles. The number of hydrogen-bond donors (Lipinski definition) is 0. The van der Waals surface area contributed by atoms with Gasteiger partial charge in [0.05, 0.1) is 19.8 Å². The highest BCUT2D eigenvalue weighted by Crippen LogP contribution is 2.20. The van der Waals surface area contributed by atoms with Gasteiger partial charge in [-0.3, -0.25) is 0 Å². The first-order valence-corrected chi connectivity index (χ1v) is 6.86. The molecule has 0 aromatic heterocycles. The molecule has 1 aliphatic heterocycles. The topological polar surface area (TPSA) is 48.0 Å². The first-order chi connectivity index (χ1) is 9.63. The van der Waals surface area contributed by atoms with Crippen molar-refractivity contribution < 1.29 is 19.0 Å². The van der Waals surface area contributed by atoms with Crippen LogP contribution in [0.3, 0.4) is 0 Å². The number of nitrogens with zero attached hydrogens (tertiary/aromatic N) is 1. The summed E-state index contributed by atoms with van der Waals surface area (Å²) in [5.41, 5.74) is 0.969. The van der Waals surface area contributed by atoms with Crippen molar-refractivity contribution in [3.05, 3.63) is 35.9 Å². The maximum atomic E-state index is 12.1. The van der Waals surface area contributed by atoms with Crippen molar-refractivity contribution in [2.75, 3.05) is 26.3 Å². The zero-order valence-corrected chi connectivity index (χ0v) is 12.0. The van der Waals surface area contributed by atoms with Crippen LogP contribution in [-0.2, 0) is 20.8 Å². The van der Waals surface area contributed by atoms with Crippen molar-refractivity contribution >= 4 is 6.09 Å². The predicted octanol–water partition coefficient (Wildman–Crippen LogP) is 2.41. The Kier molecular flexibility index (Phi) is 4.98. The number of hydrogen-bond acceptors (Lipinski definition) is 4. The third-order valence-electron chi connectivity index (χ3n) is 3.22. The van der Waals surface area contributed by atoms with Gasteiger partial charge in [-0.25, -0.2) is 4.79 Å². The molecule has 1 fully saturated rings.